The van der Waals surface area contributed by atoms with Gasteiger partial charge in [0.2, 0.25) is 0 Å². The number of nitrogens with two attached hydrogens (primary N) is 1. The fraction of sp³-hybridized carbons (Fsp3) is 0.600. The van der Waals surface area contributed by atoms with Gasteiger partial charge in [-0.2, -0.15) is 0 Å². The van der Waals surface area contributed by atoms with E-state index in [0.29, 0.717) is 5.41 Å². The fourth-order valence-corrected chi connectivity index (χ4v) is 3.47. The van der Waals surface area contributed by atoms with Crippen molar-refractivity contribution in [3.05, 3.63) is 23.3 Å². The Labute approximate surface area is 104 Å². The Morgan fingerprint density at radius 3 is 2.29 bits per heavy atom. The average molecular weight is 230 g/mol. The topological polar surface area (TPSA) is 29.3 Å². The van der Waals surface area contributed by atoms with Crippen LogP contribution in [0.25, 0.3) is 0 Å². The van der Waals surface area contributed by atoms with Crippen LogP contribution in [0.15, 0.2) is 12.1 Å². The highest BCUT2D eigenvalue weighted by molar-refractivity contribution is 5.71. The van der Waals surface area contributed by atoms with Crippen molar-refractivity contribution in [1.82, 2.24) is 0 Å². The minimum atomic E-state index is 0.644. The Hall–Kier alpha value is -1.18. The first kappa shape index (κ1) is 10.9. The molecule has 2 nitrogen and oxygen atoms in total. The second-order valence-electron chi connectivity index (χ2n) is 6.06. The molecule has 1 saturated heterocycles. The summed E-state index contributed by atoms with van der Waals surface area (Å²) >= 11 is 0. The van der Waals surface area contributed by atoms with E-state index in [0.717, 1.165) is 5.69 Å². The van der Waals surface area contributed by atoms with Crippen LogP contribution >= 0.6 is 0 Å². The summed E-state index contributed by atoms with van der Waals surface area (Å²) in [5.41, 5.74) is 11.6. The zero-order valence-electron chi connectivity index (χ0n) is 10.9. The smallest absolute Gasteiger partial charge is 0.0603 e. The number of aryl methyl sites for hydroxylation is 2. The lowest BCUT2D eigenvalue weighted by Crippen LogP contribution is -2.55. The maximum Gasteiger partial charge on any atom is 0.0603 e. The Morgan fingerprint density at radius 2 is 1.65 bits per heavy atom. The average Bonchev–Trinajstić information content (AvgIpc) is 2.70. The molecular weight excluding hydrogens is 208 g/mol. The molecule has 0 amide bonds. The molecule has 92 valence electrons. The molecule has 1 saturated carbocycles. The standard InChI is InChI=1S/C15H22N2/c1-11-7-13(16)14(8-12(11)2)17-9-15(10-17)5-3-4-6-15/h7-8H,3-6,9-10,16H2,1-2H3. The largest absolute Gasteiger partial charge is 0.397 e. The zero-order chi connectivity index (χ0) is 12.0. The van der Waals surface area contributed by atoms with Crippen molar-refractivity contribution in [2.24, 2.45) is 5.41 Å². The third kappa shape index (κ3) is 1.70. The van der Waals surface area contributed by atoms with Crippen LogP contribution in [0.3, 0.4) is 0 Å². The number of hydrogen-bond acceptors (Lipinski definition) is 2. The van der Waals surface area contributed by atoms with Gasteiger partial charge in [0, 0.05) is 18.5 Å². The molecule has 0 unspecified atom stereocenters. The van der Waals surface area contributed by atoms with Gasteiger partial charge in [-0.05, 0) is 49.9 Å². The van der Waals surface area contributed by atoms with Crippen molar-refractivity contribution in [2.75, 3.05) is 23.7 Å². The fourth-order valence-electron chi connectivity index (χ4n) is 3.47. The third-order valence-corrected chi connectivity index (χ3v) is 4.70. The van der Waals surface area contributed by atoms with E-state index in [9.17, 15) is 0 Å². The van der Waals surface area contributed by atoms with Gasteiger partial charge >= 0.3 is 0 Å². The first-order valence-electron chi connectivity index (χ1n) is 6.71. The first-order chi connectivity index (χ1) is 8.10. The summed E-state index contributed by atoms with van der Waals surface area (Å²) in [6.45, 7) is 6.74. The van der Waals surface area contributed by atoms with Gasteiger partial charge in [-0.25, -0.2) is 0 Å². The monoisotopic (exact) mass is 230 g/mol. The first-order valence-corrected chi connectivity index (χ1v) is 6.71. The van der Waals surface area contributed by atoms with Gasteiger partial charge in [-0.1, -0.05) is 12.8 Å². The molecular formula is C15H22N2. The van der Waals surface area contributed by atoms with E-state index in [2.05, 4.69) is 30.9 Å². The maximum atomic E-state index is 6.15. The van der Waals surface area contributed by atoms with E-state index in [1.54, 1.807) is 0 Å². The number of benzene rings is 1. The van der Waals surface area contributed by atoms with Gasteiger partial charge in [0.15, 0.2) is 0 Å². The van der Waals surface area contributed by atoms with Crippen LogP contribution in [0.1, 0.15) is 36.8 Å². The number of anilines is 2. The summed E-state index contributed by atoms with van der Waals surface area (Å²) in [5, 5.41) is 0. The number of nitrogens with zero attached hydrogens (tertiary/aromatic N) is 1. The van der Waals surface area contributed by atoms with Crippen molar-refractivity contribution in [3.63, 3.8) is 0 Å². The zero-order valence-corrected chi connectivity index (χ0v) is 10.9. The lowest BCUT2D eigenvalue weighted by Gasteiger charge is -2.50. The third-order valence-electron chi connectivity index (χ3n) is 4.70. The normalized spacial score (nSPS) is 21.9. The van der Waals surface area contributed by atoms with E-state index in [4.69, 9.17) is 5.73 Å². The Balaban J connectivity index is 1.80. The van der Waals surface area contributed by atoms with E-state index in [-0.39, 0.29) is 0 Å². The molecule has 17 heavy (non-hydrogen) atoms. The number of rotatable bonds is 1. The van der Waals surface area contributed by atoms with E-state index < -0.39 is 0 Å². The lowest BCUT2D eigenvalue weighted by atomic mass is 9.78. The summed E-state index contributed by atoms with van der Waals surface area (Å²) in [5.74, 6) is 0. The second-order valence-corrected chi connectivity index (χ2v) is 6.06. The van der Waals surface area contributed by atoms with Crippen LogP contribution in [-0.2, 0) is 0 Å². The molecule has 1 aromatic carbocycles. The molecule has 1 aromatic rings. The van der Waals surface area contributed by atoms with Crippen molar-refractivity contribution >= 4 is 11.4 Å². The van der Waals surface area contributed by atoms with Crippen molar-refractivity contribution < 1.29 is 0 Å². The summed E-state index contributed by atoms with van der Waals surface area (Å²) in [4.78, 5) is 2.47. The molecule has 0 radical (unpaired) electrons. The Bertz CT molecular complexity index is 436. The van der Waals surface area contributed by atoms with Crippen LogP contribution < -0.4 is 10.6 Å². The highest BCUT2D eigenvalue weighted by Gasteiger charge is 2.45. The number of hydrogen-bond donors (Lipinski definition) is 1. The molecule has 1 spiro atoms. The van der Waals surface area contributed by atoms with Crippen LogP contribution in [0.5, 0.6) is 0 Å². The molecule has 2 heteroatoms. The quantitative estimate of drug-likeness (QED) is 0.750. The molecule has 1 heterocycles. The minimum Gasteiger partial charge on any atom is -0.397 e. The van der Waals surface area contributed by atoms with Crippen LogP contribution in [0, 0.1) is 19.3 Å². The predicted molar refractivity (Wildman–Crippen MR) is 73.4 cm³/mol. The molecule has 2 aliphatic rings. The summed E-state index contributed by atoms with van der Waals surface area (Å²) in [6, 6.07) is 4.37. The summed E-state index contributed by atoms with van der Waals surface area (Å²) < 4.78 is 0. The van der Waals surface area contributed by atoms with Gasteiger partial charge in [0.25, 0.3) is 0 Å². The molecule has 0 atom stereocenters. The highest BCUT2D eigenvalue weighted by atomic mass is 15.2. The SMILES string of the molecule is Cc1cc(N)c(N2CC3(CCCC3)C2)cc1C. The van der Waals surface area contributed by atoms with Crippen molar-refractivity contribution in [3.8, 4) is 0 Å². The van der Waals surface area contributed by atoms with E-state index in [1.807, 2.05) is 0 Å². The molecule has 2 fully saturated rings. The summed E-state index contributed by atoms with van der Waals surface area (Å²) in [6.07, 6.45) is 5.70. The Morgan fingerprint density at radius 1 is 1.06 bits per heavy atom. The molecule has 0 aromatic heterocycles. The van der Waals surface area contributed by atoms with Gasteiger partial charge in [0.05, 0.1) is 11.4 Å². The predicted octanol–water partition coefficient (Wildman–Crippen LogP) is 3.27. The number of nitrogen functional groups attached to an aromatic ring is 1. The lowest BCUT2D eigenvalue weighted by molar-refractivity contribution is 0.222. The molecule has 1 aliphatic heterocycles. The van der Waals surface area contributed by atoms with Gasteiger partial charge in [0.1, 0.15) is 0 Å². The van der Waals surface area contributed by atoms with Gasteiger partial charge in [-0.3, -0.25) is 0 Å². The molecule has 1 aliphatic carbocycles. The second kappa shape index (κ2) is 3.66. The summed E-state index contributed by atoms with van der Waals surface area (Å²) in [7, 11) is 0. The van der Waals surface area contributed by atoms with E-state index in [1.165, 1.54) is 55.6 Å². The van der Waals surface area contributed by atoms with E-state index >= 15 is 0 Å². The molecule has 2 N–H and O–H groups in total. The van der Waals surface area contributed by atoms with Crippen molar-refractivity contribution in [1.29, 1.82) is 0 Å². The Kier molecular flexibility index (Phi) is 2.35. The maximum absolute atomic E-state index is 6.15. The highest BCUT2D eigenvalue weighted by Crippen LogP contribution is 2.48. The molecule has 0 bridgehead atoms. The minimum absolute atomic E-state index is 0.644. The molecule has 3 rings (SSSR count). The van der Waals surface area contributed by atoms with Crippen LogP contribution in [0.4, 0.5) is 11.4 Å². The van der Waals surface area contributed by atoms with Crippen LogP contribution in [0.2, 0.25) is 0 Å². The van der Waals surface area contributed by atoms with Gasteiger partial charge < -0.3 is 10.6 Å². The van der Waals surface area contributed by atoms with Crippen molar-refractivity contribution in [2.45, 2.75) is 39.5 Å². The van der Waals surface area contributed by atoms with Gasteiger partial charge in [-0.15, -0.1) is 0 Å². The van der Waals surface area contributed by atoms with Crippen LogP contribution in [-0.4, -0.2) is 13.1 Å².